The molecule has 0 radical (unpaired) electrons. The Balaban J connectivity index is 1.68. The number of anilines is 1. The van der Waals surface area contributed by atoms with E-state index in [2.05, 4.69) is 15.0 Å². The van der Waals surface area contributed by atoms with Crippen LogP contribution in [0.25, 0.3) is 10.9 Å². The van der Waals surface area contributed by atoms with Crippen LogP contribution in [0.1, 0.15) is 32.1 Å². The quantitative estimate of drug-likeness (QED) is 0.544. The molecule has 1 heterocycles. The van der Waals surface area contributed by atoms with Gasteiger partial charge in [-0.05, 0) is 25.0 Å². The Morgan fingerprint density at radius 1 is 0.970 bits per heavy atom. The van der Waals surface area contributed by atoms with E-state index in [9.17, 15) is 13.2 Å². The van der Waals surface area contributed by atoms with E-state index < -0.39 is 21.5 Å². The summed E-state index contributed by atoms with van der Waals surface area (Å²) in [6.45, 7) is 0. The van der Waals surface area contributed by atoms with Crippen LogP contribution in [-0.2, 0) is 14.8 Å². The number of para-hydroxylation sites is 1. The number of methoxy groups -OCH3 is 2. The van der Waals surface area contributed by atoms with E-state index in [-0.39, 0.29) is 4.90 Å². The monoisotopic (exact) mass is 469 g/mol. The van der Waals surface area contributed by atoms with E-state index in [1.807, 2.05) is 0 Å². The molecule has 1 amide bonds. The van der Waals surface area contributed by atoms with Gasteiger partial charge in [0.05, 0.1) is 19.7 Å². The molecule has 174 valence electrons. The Morgan fingerprint density at radius 2 is 1.64 bits per heavy atom. The van der Waals surface area contributed by atoms with Crippen LogP contribution in [-0.4, -0.2) is 39.1 Å². The summed E-state index contributed by atoms with van der Waals surface area (Å²) in [6, 6.07) is 13.6. The summed E-state index contributed by atoms with van der Waals surface area (Å²) in [5.74, 6) is 0.629. The van der Waals surface area contributed by atoms with Gasteiger partial charge in [0.15, 0.2) is 0 Å². The minimum atomic E-state index is -4.03. The fourth-order valence-corrected chi connectivity index (χ4v) is 5.87. The zero-order valence-electron chi connectivity index (χ0n) is 18.6. The van der Waals surface area contributed by atoms with Gasteiger partial charge in [-0.3, -0.25) is 9.78 Å². The van der Waals surface area contributed by atoms with Crippen LogP contribution >= 0.6 is 0 Å². The van der Waals surface area contributed by atoms with Crippen molar-refractivity contribution in [1.29, 1.82) is 0 Å². The standard InChI is InChI=1S/C24H27N3O5S/c1-31-19-14-18(15-20(16-19)32-2)26-23(28)24(11-4-3-5-12-24)27-33(29,30)21-10-6-8-17-9-7-13-25-22(17)21/h6-10,13-16,27H,3-5,11-12H2,1-2H3,(H,26,28). The van der Waals surface area contributed by atoms with E-state index in [1.54, 1.807) is 48.7 Å². The van der Waals surface area contributed by atoms with E-state index in [4.69, 9.17) is 9.47 Å². The molecule has 4 rings (SSSR count). The predicted octanol–water partition coefficient (Wildman–Crippen LogP) is 3.87. The molecule has 33 heavy (non-hydrogen) atoms. The van der Waals surface area contributed by atoms with Crippen LogP contribution in [0, 0.1) is 0 Å². The smallest absolute Gasteiger partial charge is 0.245 e. The Labute approximate surface area is 193 Å². The molecule has 0 bridgehead atoms. The third-order valence-electron chi connectivity index (χ3n) is 5.97. The molecule has 0 saturated heterocycles. The van der Waals surface area contributed by atoms with Gasteiger partial charge in [-0.1, -0.05) is 37.5 Å². The van der Waals surface area contributed by atoms with Crippen LogP contribution in [0.5, 0.6) is 11.5 Å². The number of hydrogen-bond acceptors (Lipinski definition) is 6. The number of ether oxygens (including phenoxy) is 2. The Morgan fingerprint density at radius 3 is 2.30 bits per heavy atom. The molecule has 2 aromatic carbocycles. The van der Waals surface area contributed by atoms with Gasteiger partial charge in [0.1, 0.15) is 21.9 Å². The fourth-order valence-electron chi connectivity index (χ4n) is 4.27. The van der Waals surface area contributed by atoms with Crippen molar-refractivity contribution in [2.75, 3.05) is 19.5 Å². The first-order valence-electron chi connectivity index (χ1n) is 10.8. The van der Waals surface area contributed by atoms with Crippen LogP contribution in [0.2, 0.25) is 0 Å². The number of nitrogens with one attached hydrogen (secondary N) is 2. The van der Waals surface area contributed by atoms with Crippen LogP contribution in [0.4, 0.5) is 5.69 Å². The third kappa shape index (κ3) is 4.79. The second-order valence-electron chi connectivity index (χ2n) is 8.14. The lowest BCUT2D eigenvalue weighted by Gasteiger charge is -2.36. The highest BCUT2D eigenvalue weighted by Gasteiger charge is 2.43. The van der Waals surface area contributed by atoms with Crippen LogP contribution in [0.3, 0.4) is 0 Å². The molecule has 0 atom stereocenters. The van der Waals surface area contributed by atoms with Crippen molar-refractivity contribution in [2.24, 2.45) is 0 Å². The number of carbonyl (C=O) groups excluding carboxylic acids is 1. The Hall–Kier alpha value is -3.17. The molecule has 8 nitrogen and oxygen atoms in total. The molecular weight excluding hydrogens is 442 g/mol. The fraction of sp³-hybridized carbons (Fsp3) is 0.333. The molecule has 1 fully saturated rings. The number of benzene rings is 2. The molecule has 1 saturated carbocycles. The number of pyridine rings is 1. The lowest BCUT2D eigenvalue weighted by molar-refractivity contribution is -0.122. The Bertz CT molecular complexity index is 1240. The molecule has 0 spiro atoms. The SMILES string of the molecule is COc1cc(NC(=O)C2(NS(=O)(=O)c3cccc4cccnc34)CCCCC2)cc(OC)c1. The van der Waals surface area contributed by atoms with Crippen LogP contribution < -0.4 is 19.5 Å². The average molecular weight is 470 g/mol. The predicted molar refractivity (Wildman–Crippen MR) is 126 cm³/mol. The van der Waals surface area contributed by atoms with E-state index >= 15 is 0 Å². The van der Waals surface area contributed by atoms with Gasteiger partial charge in [0, 0.05) is 35.5 Å². The lowest BCUT2D eigenvalue weighted by atomic mass is 9.82. The molecule has 0 unspecified atom stereocenters. The molecular formula is C24H27N3O5S. The normalized spacial score (nSPS) is 15.7. The first-order valence-corrected chi connectivity index (χ1v) is 12.3. The van der Waals surface area contributed by atoms with Crippen molar-refractivity contribution in [3.05, 3.63) is 54.7 Å². The largest absolute Gasteiger partial charge is 0.497 e. The van der Waals surface area contributed by atoms with Gasteiger partial charge in [0.2, 0.25) is 15.9 Å². The summed E-state index contributed by atoms with van der Waals surface area (Å²) in [5, 5.41) is 3.59. The van der Waals surface area contributed by atoms with Gasteiger partial charge in [-0.2, -0.15) is 4.72 Å². The second kappa shape index (κ2) is 9.36. The van der Waals surface area contributed by atoms with Crippen molar-refractivity contribution in [3.63, 3.8) is 0 Å². The maximum Gasteiger partial charge on any atom is 0.245 e. The number of fused-ring (bicyclic) bond motifs is 1. The van der Waals surface area contributed by atoms with Gasteiger partial charge in [-0.25, -0.2) is 8.42 Å². The minimum absolute atomic E-state index is 0.0569. The first kappa shape index (κ1) is 23.0. The molecule has 1 aromatic heterocycles. The lowest BCUT2D eigenvalue weighted by Crippen LogP contribution is -2.57. The summed E-state index contributed by atoms with van der Waals surface area (Å²) in [6.07, 6.45) is 4.78. The summed E-state index contributed by atoms with van der Waals surface area (Å²) in [7, 11) is -0.984. The highest BCUT2D eigenvalue weighted by atomic mass is 32.2. The highest BCUT2D eigenvalue weighted by Crippen LogP contribution is 2.33. The van der Waals surface area contributed by atoms with E-state index in [0.29, 0.717) is 40.9 Å². The first-order chi connectivity index (χ1) is 15.9. The van der Waals surface area contributed by atoms with E-state index in [0.717, 1.165) is 19.3 Å². The Kier molecular flexibility index (Phi) is 6.53. The summed E-state index contributed by atoms with van der Waals surface area (Å²) >= 11 is 0. The minimum Gasteiger partial charge on any atom is -0.497 e. The molecule has 9 heteroatoms. The molecule has 1 aliphatic rings. The van der Waals surface area contributed by atoms with Gasteiger partial charge < -0.3 is 14.8 Å². The maximum atomic E-state index is 13.5. The van der Waals surface area contributed by atoms with Crippen molar-refractivity contribution in [2.45, 2.75) is 42.5 Å². The van der Waals surface area contributed by atoms with Crippen LogP contribution in [0.15, 0.2) is 59.6 Å². The van der Waals surface area contributed by atoms with Crippen molar-refractivity contribution in [1.82, 2.24) is 9.71 Å². The number of sulfonamides is 1. The zero-order valence-corrected chi connectivity index (χ0v) is 19.4. The topological polar surface area (TPSA) is 107 Å². The van der Waals surface area contributed by atoms with Crippen molar-refractivity contribution >= 4 is 32.5 Å². The number of nitrogens with zero attached hydrogens (tertiary/aromatic N) is 1. The zero-order chi connectivity index (χ0) is 23.5. The van der Waals surface area contributed by atoms with E-state index in [1.165, 1.54) is 20.3 Å². The number of amides is 1. The number of carbonyl (C=O) groups is 1. The number of aromatic nitrogens is 1. The summed E-state index contributed by atoms with van der Waals surface area (Å²) < 4.78 is 40.3. The number of hydrogen-bond donors (Lipinski definition) is 2. The average Bonchev–Trinajstić information content (AvgIpc) is 2.83. The molecule has 0 aliphatic heterocycles. The maximum absolute atomic E-state index is 13.5. The van der Waals surface area contributed by atoms with Gasteiger partial charge in [0.25, 0.3) is 0 Å². The second-order valence-corrected chi connectivity index (χ2v) is 9.79. The number of rotatable bonds is 7. The van der Waals surface area contributed by atoms with Crippen molar-refractivity contribution < 1.29 is 22.7 Å². The van der Waals surface area contributed by atoms with Gasteiger partial charge >= 0.3 is 0 Å². The highest BCUT2D eigenvalue weighted by molar-refractivity contribution is 7.89. The molecule has 3 aromatic rings. The molecule has 1 aliphatic carbocycles. The summed E-state index contributed by atoms with van der Waals surface area (Å²) in [5.41, 5.74) is -0.437. The van der Waals surface area contributed by atoms with Gasteiger partial charge in [-0.15, -0.1) is 0 Å². The third-order valence-corrected chi connectivity index (χ3v) is 7.53. The van der Waals surface area contributed by atoms with Crippen molar-refractivity contribution in [3.8, 4) is 11.5 Å². The summed E-state index contributed by atoms with van der Waals surface area (Å²) in [4.78, 5) is 17.8. The molecule has 2 N–H and O–H groups in total.